The van der Waals surface area contributed by atoms with Gasteiger partial charge in [0, 0.05) is 21.3 Å². The Labute approximate surface area is 271 Å². The van der Waals surface area contributed by atoms with E-state index in [1.807, 2.05) is 29.6 Å². The minimum atomic E-state index is -4.10. The van der Waals surface area contributed by atoms with E-state index in [1.165, 1.54) is 17.7 Å². The molecular formula is C34H35Cl2F2N3O4. The number of alkyl halides is 2. The fourth-order valence-corrected chi connectivity index (χ4v) is 5.78. The molecule has 0 spiro atoms. The van der Waals surface area contributed by atoms with Crippen LogP contribution in [0.15, 0.2) is 72.8 Å². The van der Waals surface area contributed by atoms with Gasteiger partial charge in [-0.25, -0.2) is 9.59 Å². The van der Waals surface area contributed by atoms with Crippen molar-refractivity contribution in [2.75, 3.05) is 11.9 Å². The van der Waals surface area contributed by atoms with E-state index < -0.39 is 36.4 Å². The van der Waals surface area contributed by atoms with Crippen LogP contribution < -0.4 is 16.0 Å². The molecule has 1 aliphatic rings. The van der Waals surface area contributed by atoms with Gasteiger partial charge >= 0.3 is 17.9 Å². The van der Waals surface area contributed by atoms with Crippen LogP contribution in [0.1, 0.15) is 73.1 Å². The second kappa shape index (κ2) is 14.0. The topological polar surface area (TPSA) is 108 Å². The first-order valence-electron chi connectivity index (χ1n) is 14.4. The molecule has 0 heterocycles. The highest BCUT2D eigenvalue weighted by atomic mass is 35.5. The summed E-state index contributed by atoms with van der Waals surface area (Å²) in [5.41, 5.74) is 4.45. The van der Waals surface area contributed by atoms with Crippen molar-refractivity contribution >= 4 is 52.4 Å². The molecule has 2 atom stereocenters. The van der Waals surface area contributed by atoms with Crippen molar-refractivity contribution in [2.45, 2.75) is 52.0 Å². The molecule has 7 nitrogen and oxygen atoms in total. The van der Waals surface area contributed by atoms with E-state index in [2.05, 4.69) is 37.5 Å². The zero-order chi connectivity index (χ0) is 32.9. The lowest BCUT2D eigenvalue weighted by Gasteiger charge is -2.33. The van der Waals surface area contributed by atoms with Crippen molar-refractivity contribution in [3.8, 4) is 0 Å². The van der Waals surface area contributed by atoms with Crippen LogP contribution in [-0.2, 0) is 4.79 Å². The predicted octanol–water partition coefficient (Wildman–Crippen LogP) is 8.58. The summed E-state index contributed by atoms with van der Waals surface area (Å²) in [5, 5.41) is 16.9. The zero-order valence-corrected chi connectivity index (χ0v) is 26.6. The van der Waals surface area contributed by atoms with Gasteiger partial charge in [-0.3, -0.25) is 4.79 Å². The number of halogens is 4. The minimum absolute atomic E-state index is 0.0462. The average Bonchev–Trinajstić information content (AvgIpc) is 2.98. The third kappa shape index (κ3) is 9.05. The van der Waals surface area contributed by atoms with Crippen LogP contribution >= 0.6 is 23.2 Å². The van der Waals surface area contributed by atoms with Gasteiger partial charge in [-0.2, -0.15) is 8.78 Å². The fourth-order valence-electron chi connectivity index (χ4n) is 5.25. The Bertz CT molecular complexity index is 1570. The van der Waals surface area contributed by atoms with Crippen LogP contribution in [0.3, 0.4) is 0 Å². The van der Waals surface area contributed by atoms with Gasteiger partial charge in [-0.05, 0) is 83.2 Å². The van der Waals surface area contributed by atoms with Gasteiger partial charge in [0.15, 0.2) is 0 Å². The summed E-state index contributed by atoms with van der Waals surface area (Å²) in [6, 6.07) is 17.4. The van der Waals surface area contributed by atoms with Crippen molar-refractivity contribution < 1.29 is 28.3 Å². The maximum atomic E-state index is 13.4. The number of carbonyl (C=O) groups is 3. The normalized spacial score (nSPS) is 15.9. The Kier molecular flexibility index (Phi) is 10.6. The quantitative estimate of drug-likeness (QED) is 0.185. The second-order valence-electron chi connectivity index (χ2n) is 12.2. The first-order valence-corrected chi connectivity index (χ1v) is 15.2. The Hall–Kier alpha value is -3.95. The lowest BCUT2D eigenvalue weighted by molar-refractivity contribution is -0.163. The van der Waals surface area contributed by atoms with E-state index in [0.29, 0.717) is 27.2 Å². The highest BCUT2D eigenvalue weighted by Crippen LogP contribution is 2.40. The summed E-state index contributed by atoms with van der Waals surface area (Å²) in [4.78, 5) is 36.2. The number of anilines is 1. The molecule has 238 valence electrons. The van der Waals surface area contributed by atoms with Gasteiger partial charge in [0.25, 0.3) is 5.91 Å². The van der Waals surface area contributed by atoms with Crippen molar-refractivity contribution in [3.05, 3.63) is 105 Å². The largest absolute Gasteiger partial charge is 0.477 e. The summed E-state index contributed by atoms with van der Waals surface area (Å²) in [7, 11) is 0. The molecule has 0 aromatic heterocycles. The molecule has 0 aliphatic heterocycles. The third-order valence-corrected chi connectivity index (χ3v) is 8.37. The lowest BCUT2D eigenvalue weighted by atomic mass is 9.72. The molecule has 11 heteroatoms. The Balaban J connectivity index is 1.56. The number of nitrogens with one attached hydrogen (secondary N) is 3. The van der Waals surface area contributed by atoms with Crippen LogP contribution in [0.2, 0.25) is 10.0 Å². The number of allylic oxidation sites excluding steroid dienone is 2. The molecule has 0 bridgehead atoms. The maximum Gasteiger partial charge on any atom is 0.376 e. The first-order chi connectivity index (χ1) is 21.1. The average molecular weight is 659 g/mol. The molecule has 0 fully saturated rings. The van der Waals surface area contributed by atoms with E-state index in [0.717, 1.165) is 30.4 Å². The smallest absolute Gasteiger partial charge is 0.376 e. The molecule has 4 N–H and O–H groups in total. The summed E-state index contributed by atoms with van der Waals surface area (Å²) in [6.07, 6.45) is 5.43. The van der Waals surface area contributed by atoms with E-state index in [4.69, 9.17) is 28.3 Å². The molecular weight excluding hydrogens is 623 g/mol. The van der Waals surface area contributed by atoms with Crippen molar-refractivity contribution in [2.24, 2.45) is 11.3 Å². The van der Waals surface area contributed by atoms with Gasteiger partial charge in [-0.1, -0.05) is 86.4 Å². The molecule has 0 saturated heterocycles. The molecule has 4 rings (SSSR count). The molecule has 0 radical (unpaired) electrons. The molecule has 2 unspecified atom stereocenters. The summed E-state index contributed by atoms with van der Waals surface area (Å²) < 4.78 is 26.9. The monoisotopic (exact) mass is 657 g/mol. The van der Waals surface area contributed by atoms with Crippen LogP contribution in [0, 0.1) is 11.3 Å². The van der Waals surface area contributed by atoms with Crippen LogP contribution in [0.4, 0.5) is 19.3 Å². The summed E-state index contributed by atoms with van der Waals surface area (Å²) in [6.45, 7) is 5.46. The molecule has 0 saturated carbocycles. The second-order valence-corrected chi connectivity index (χ2v) is 13.1. The molecule has 3 amide bonds. The van der Waals surface area contributed by atoms with Gasteiger partial charge in [0.2, 0.25) is 0 Å². The number of aliphatic carboxylic acids is 1. The molecule has 45 heavy (non-hydrogen) atoms. The third-order valence-electron chi connectivity index (χ3n) is 7.94. The number of carbonyl (C=O) groups excluding carboxylic acids is 2. The number of hydrogen-bond donors (Lipinski definition) is 4. The fraction of sp³-hybridized carbons (Fsp3) is 0.324. The Morgan fingerprint density at radius 1 is 0.933 bits per heavy atom. The molecule has 1 aliphatic carbocycles. The van der Waals surface area contributed by atoms with Crippen LogP contribution in [0.5, 0.6) is 0 Å². The predicted molar refractivity (Wildman–Crippen MR) is 173 cm³/mol. The van der Waals surface area contributed by atoms with E-state index in [9.17, 15) is 23.2 Å². The van der Waals surface area contributed by atoms with Gasteiger partial charge in [-0.15, -0.1) is 0 Å². The number of rotatable bonds is 9. The van der Waals surface area contributed by atoms with Gasteiger partial charge in [0.1, 0.15) is 0 Å². The van der Waals surface area contributed by atoms with Gasteiger partial charge in [0.05, 0.1) is 12.6 Å². The van der Waals surface area contributed by atoms with Crippen LogP contribution in [0.25, 0.3) is 5.57 Å². The maximum absolute atomic E-state index is 13.4. The SMILES string of the molecule is CC(C)(C)C1CC=C(c2ccc(C(NC(=O)Nc3cc(Cl)cc(Cl)c3)c3ccc(C(=O)NCC(F)(F)C(=O)O)cc3)cc2)CC1. The van der Waals surface area contributed by atoms with E-state index >= 15 is 0 Å². The number of carboxylic acids is 1. The van der Waals surface area contributed by atoms with Gasteiger partial charge < -0.3 is 21.1 Å². The Morgan fingerprint density at radius 3 is 2.02 bits per heavy atom. The number of amides is 3. The molecule has 3 aromatic rings. The van der Waals surface area contributed by atoms with E-state index in [1.54, 1.807) is 30.3 Å². The highest BCUT2D eigenvalue weighted by molar-refractivity contribution is 6.35. The lowest BCUT2D eigenvalue weighted by Crippen LogP contribution is -2.42. The number of urea groups is 1. The minimum Gasteiger partial charge on any atom is -0.477 e. The Morgan fingerprint density at radius 2 is 1.51 bits per heavy atom. The number of hydrogen-bond acceptors (Lipinski definition) is 3. The standard InChI is InChI=1S/C34H35Cl2F2N3O4/c1-33(2,3)25-14-12-21(13-15-25)20-4-6-22(7-5-20)29(41-32(45)40-28-17-26(35)16-27(36)18-28)23-8-10-24(11-9-23)30(42)39-19-34(37,38)31(43)44/h4-12,16-18,25,29H,13-15,19H2,1-3H3,(H,39,42)(H,43,44)(H2,40,41,45). The van der Waals surface area contributed by atoms with Crippen molar-refractivity contribution in [3.63, 3.8) is 0 Å². The van der Waals surface area contributed by atoms with Crippen molar-refractivity contribution in [1.29, 1.82) is 0 Å². The number of carboxylic acid groups (broad SMARTS) is 1. The van der Waals surface area contributed by atoms with Crippen LogP contribution in [-0.4, -0.2) is 35.5 Å². The zero-order valence-electron chi connectivity index (χ0n) is 25.1. The van der Waals surface area contributed by atoms with Crippen molar-refractivity contribution in [1.82, 2.24) is 10.6 Å². The number of benzene rings is 3. The highest BCUT2D eigenvalue weighted by Gasteiger charge is 2.39. The summed E-state index contributed by atoms with van der Waals surface area (Å²) in [5.74, 6) is -6.66. The first kappa shape index (κ1) is 33.9. The molecule has 3 aromatic carbocycles. The van der Waals surface area contributed by atoms with E-state index in [-0.39, 0.29) is 11.0 Å². The summed E-state index contributed by atoms with van der Waals surface area (Å²) >= 11 is 12.2.